The fraction of sp³-hybridized carbons (Fsp3) is 0.538. The minimum absolute atomic E-state index is 0.0388. The van der Waals surface area contributed by atoms with Crippen molar-refractivity contribution in [3.8, 4) is 0 Å². The quantitative estimate of drug-likeness (QED) is 0.847. The van der Waals surface area contributed by atoms with Crippen molar-refractivity contribution in [2.75, 3.05) is 26.2 Å². The predicted octanol–water partition coefficient (Wildman–Crippen LogP) is 1.03. The number of halogens is 1. The molecule has 0 radical (unpaired) electrons. The lowest BCUT2D eigenvalue weighted by Crippen LogP contribution is -2.42. The van der Waals surface area contributed by atoms with Crippen LogP contribution in [0.5, 0.6) is 0 Å². The van der Waals surface area contributed by atoms with Crippen LogP contribution in [0.2, 0.25) is 0 Å². The summed E-state index contributed by atoms with van der Waals surface area (Å²) >= 11 is 3.34. The number of pyridine rings is 1. The molecule has 0 bridgehead atoms. The molecule has 6 heteroatoms. The molecule has 2 rings (SSSR count). The van der Waals surface area contributed by atoms with E-state index in [-0.39, 0.29) is 12.5 Å². The first-order valence-corrected chi connectivity index (χ1v) is 7.25. The number of aliphatic hydroxyl groups is 1. The first-order chi connectivity index (χ1) is 9.22. The Morgan fingerprint density at radius 3 is 3.11 bits per heavy atom. The third-order valence-corrected chi connectivity index (χ3v) is 3.86. The van der Waals surface area contributed by atoms with E-state index in [1.54, 1.807) is 23.2 Å². The first kappa shape index (κ1) is 14.4. The van der Waals surface area contributed by atoms with Crippen molar-refractivity contribution in [1.29, 1.82) is 0 Å². The highest BCUT2D eigenvalue weighted by molar-refractivity contribution is 9.10. The molecule has 1 fully saturated rings. The van der Waals surface area contributed by atoms with Crippen LogP contribution in [-0.2, 0) is 0 Å². The van der Waals surface area contributed by atoms with Gasteiger partial charge < -0.3 is 15.3 Å². The van der Waals surface area contributed by atoms with E-state index >= 15 is 0 Å². The van der Waals surface area contributed by atoms with Crippen LogP contribution in [0.25, 0.3) is 0 Å². The zero-order chi connectivity index (χ0) is 13.7. The molecule has 0 aromatic carbocycles. The molecule has 1 atom stereocenters. The van der Waals surface area contributed by atoms with Gasteiger partial charge in [-0.3, -0.25) is 4.79 Å². The minimum Gasteiger partial charge on any atom is -0.395 e. The topological polar surface area (TPSA) is 65.5 Å². The Morgan fingerprint density at radius 1 is 1.63 bits per heavy atom. The van der Waals surface area contributed by atoms with E-state index in [1.807, 2.05) is 0 Å². The summed E-state index contributed by atoms with van der Waals surface area (Å²) in [5, 5.41) is 12.5. The number of hydrogen-bond acceptors (Lipinski definition) is 4. The van der Waals surface area contributed by atoms with Crippen molar-refractivity contribution in [3.63, 3.8) is 0 Å². The summed E-state index contributed by atoms with van der Waals surface area (Å²) in [6.45, 7) is 1.91. The van der Waals surface area contributed by atoms with Gasteiger partial charge in [-0.05, 0) is 47.4 Å². The van der Waals surface area contributed by atoms with Gasteiger partial charge in [0, 0.05) is 29.8 Å². The number of carbonyl (C=O) groups is 1. The first-order valence-electron chi connectivity index (χ1n) is 6.46. The van der Waals surface area contributed by atoms with Crippen molar-refractivity contribution in [1.82, 2.24) is 15.2 Å². The third-order valence-electron chi connectivity index (χ3n) is 3.22. The number of rotatable bonds is 5. The van der Waals surface area contributed by atoms with Gasteiger partial charge in [0.1, 0.15) is 5.69 Å². The number of hydrogen-bond donors (Lipinski definition) is 2. The van der Waals surface area contributed by atoms with E-state index < -0.39 is 0 Å². The molecule has 1 aromatic rings. The number of nitrogens with zero attached hydrogens (tertiary/aromatic N) is 2. The van der Waals surface area contributed by atoms with Crippen molar-refractivity contribution < 1.29 is 9.90 Å². The molecule has 1 aromatic heterocycles. The molecular formula is C13H18BrN3O2. The molecule has 0 spiro atoms. The predicted molar refractivity (Wildman–Crippen MR) is 76.0 cm³/mol. The Kier molecular flexibility index (Phi) is 5.30. The summed E-state index contributed by atoms with van der Waals surface area (Å²) in [6, 6.07) is 3.89. The van der Waals surface area contributed by atoms with E-state index in [4.69, 9.17) is 5.11 Å². The Morgan fingerprint density at radius 2 is 2.47 bits per heavy atom. The second-order valence-corrected chi connectivity index (χ2v) is 5.46. The molecule has 1 aliphatic heterocycles. The van der Waals surface area contributed by atoms with Gasteiger partial charge in [0.2, 0.25) is 0 Å². The number of amides is 1. The van der Waals surface area contributed by atoms with Crippen molar-refractivity contribution in [3.05, 3.63) is 28.5 Å². The number of carbonyl (C=O) groups excluding carboxylic acids is 1. The van der Waals surface area contributed by atoms with Gasteiger partial charge in [-0.2, -0.15) is 0 Å². The van der Waals surface area contributed by atoms with Gasteiger partial charge in [0.05, 0.1) is 6.61 Å². The average molecular weight is 328 g/mol. The monoisotopic (exact) mass is 327 g/mol. The summed E-state index contributed by atoms with van der Waals surface area (Å²) < 4.78 is 0.683. The molecular weight excluding hydrogens is 310 g/mol. The van der Waals surface area contributed by atoms with E-state index in [0.29, 0.717) is 29.3 Å². The standard InChI is InChI=1S/C13H18BrN3O2/c14-11-4-2-6-16-12(11)13(19)17(7-8-18)9-10-3-1-5-15-10/h2,4,6,10,15,18H,1,3,5,7-9H2. The summed E-state index contributed by atoms with van der Waals surface area (Å²) in [7, 11) is 0. The smallest absolute Gasteiger partial charge is 0.273 e. The van der Waals surface area contributed by atoms with Crippen molar-refractivity contribution >= 4 is 21.8 Å². The summed E-state index contributed by atoms with van der Waals surface area (Å²) in [6.07, 6.45) is 3.81. The van der Waals surface area contributed by atoms with Crippen LogP contribution >= 0.6 is 15.9 Å². The van der Waals surface area contributed by atoms with Gasteiger partial charge >= 0.3 is 0 Å². The second-order valence-electron chi connectivity index (χ2n) is 4.60. The number of aromatic nitrogens is 1. The van der Waals surface area contributed by atoms with Gasteiger partial charge in [0.15, 0.2) is 0 Å². The van der Waals surface area contributed by atoms with E-state index in [2.05, 4.69) is 26.2 Å². The fourth-order valence-electron chi connectivity index (χ4n) is 2.27. The molecule has 2 N–H and O–H groups in total. The Labute approximate surface area is 121 Å². The van der Waals surface area contributed by atoms with Crippen LogP contribution in [0.3, 0.4) is 0 Å². The van der Waals surface area contributed by atoms with Crippen LogP contribution in [-0.4, -0.2) is 53.2 Å². The van der Waals surface area contributed by atoms with Crippen molar-refractivity contribution in [2.45, 2.75) is 18.9 Å². The maximum atomic E-state index is 12.4. The van der Waals surface area contributed by atoms with Gasteiger partial charge in [-0.1, -0.05) is 0 Å². The SMILES string of the molecule is O=C(c1ncccc1Br)N(CCO)CC1CCCN1. The highest BCUT2D eigenvalue weighted by Gasteiger charge is 2.23. The van der Waals surface area contributed by atoms with Crippen molar-refractivity contribution in [2.24, 2.45) is 0 Å². The molecule has 1 saturated heterocycles. The third kappa shape index (κ3) is 3.75. The van der Waals surface area contributed by atoms with E-state index in [9.17, 15) is 4.79 Å². The summed E-state index contributed by atoms with van der Waals surface area (Å²) in [5.74, 6) is -0.143. The molecule has 0 aliphatic carbocycles. The molecule has 1 aliphatic rings. The maximum absolute atomic E-state index is 12.4. The largest absolute Gasteiger partial charge is 0.395 e. The van der Waals surface area contributed by atoms with Crippen LogP contribution in [0, 0.1) is 0 Å². The maximum Gasteiger partial charge on any atom is 0.273 e. The lowest BCUT2D eigenvalue weighted by atomic mass is 10.2. The highest BCUT2D eigenvalue weighted by Crippen LogP contribution is 2.16. The summed E-state index contributed by atoms with van der Waals surface area (Å²) in [5.41, 5.74) is 0.397. The Balaban J connectivity index is 2.09. The molecule has 2 heterocycles. The van der Waals surface area contributed by atoms with Crippen LogP contribution in [0.15, 0.2) is 22.8 Å². The lowest BCUT2D eigenvalue weighted by Gasteiger charge is -2.25. The fourth-order valence-corrected chi connectivity index (χ4v) is 2.69. The normalized spacial score (nSPS) is 18.5. The zero-order valence-corrected chi connectivity index (χ0v) is 12.3. The Bertz CT molecular complexity index is 436. The Hall–Kier alpha value is -0.980. The highest BCUT2D eigenvalue weighted by atomic mass is 79.9. The van der Waals surface area contributed by atoms with Gasteiger partial charge in [0.25, 0.3) is 5.91 Å². The van der Waals surface area contributed by atoms with Crippen LogP contribution < -0.4 is 5.32 Å². The van der Waals surface area contributed by atoms with Gasteiger partial charge in [-0.25, -0.2) is 4.98 Å². The molecule has 1 unspecified atom stereocenters. The minimum atomic E-state index is -0.143. The molecule has 0 saturated carbocycles. The molecule has 19 heavy (non-hydrogen) atoms. The molecule has 1 amide bonds. The van der Waals surface area contributed by atoms with Crippen LogP contribution in [0.4, 0.5) is 0 Å². The van der Waals surface area contributed by atoms with E-state index in [0.717, 1.165) is 19.4 Å². The number of nitrogens with one attached hydrogen (secondary N) is 1. The number of aliphatic hydroxyl groups excluding tert-OH is 1. The molecule has 5 nitrogen and oxygen atoms in total. The van der Waals surface area contributed by atoms with E-state index in [1.165, 1.54) is 0 Å². The second kappa shape index (κ2) is 6.98. The van der Waals surface area contributed by atoms with Crippen LogP contribution in [0.1, 0.15) is 23.3 Å². The molecule has 104 valence electrons. The average Bonchev–Trinajstić information content (AvgIpc) is 2.91. The lowest BCUT2D eigenvalue weighted by molar-refractivity contribution is 0.0699. The van der Waals surface area contributed by atoms with Gasteiger partial charge in [-0.15, -0.1) is 0 Å². The zero-order valence-electron chi connectivity index (χ0n) is 10.7. The summed E-state index contributed by atoms with van der Waals surface area (Å²) in [4.78, 5) is 18.2.